The van der Waals surface area contributed by atoms with Gasteiger partial charge in [0.1, 0.15) is 0 Å². The molecular weight excluding hydrogens is 596 g/mol. The first-order valence-electron chi connectivity index (χ1n) is 13.7. The van der Waals surface area contributed by atoms with Crippen LogP contribution in [0, 0.1) is 12.8 Å². The van der Waals surface area contributed by atoms with Crippen LogP contribution in [0.15, 0.2) is 129 Å². The van der Waals surface area contributed by atoms with Crippen LogP contribution in [0.2, 0.25) is 0 Å². The highest BCUT2D eigenvalue weighted by Crippen LogP contribution is 2.30. The van der Waals surface area contributed by atoms with Crippen LogP contribution in [0.3, 0.4) is 0 Å². The molecule has 0 aromatic heterocycles. The number of allylic oxidation sites excluding steroid dienone is 14. The fourth-order valence-corrected chi connectivity index (χ4v) is 5.09. The molecule has 2 N–H and O–H groups in total. The Bertz CT molecular complexity index is 1310. The number of thioether (sulfide) groups is 2. The highest BCUT2D eigenvalue weighted by molar-refractivity contribution is 8.03. The molecule has 0 saturated heterocycles. The highest BCUT2D eigenvalue weighted by Gasteiger charge is 2.08. The smallest absolute Gasteiger partial charge is 0.331 e. The molecule has 1 aromatic carbocycles. The number of ketones is 1. The van der Waals surface area contributed by atoms with Crippen LogP contribution in [-0.2, 0) is 14.4 Å². The lowest BCUT2D eigenvalue weighted by molar-refractivity contribution is -0.140. The molecule has 226 valence electrons. The van der Waals surface area contributed by atoms with Crippen molar-refractivity contribution < 1.29 is 14.4 Å². The number of oxime groups is 1. The molecule has 1 unspecified atom stereocenters. The molecule has 2 aliphatic rings. The lowest BCUT2D eigenvalue weighted by atomic mass is 10.1. The Hall–Kier alpha value is -3.70. The van der Waals surface area contributed by atoms with Crippen LogP contribution in [0.1, 0.15) is 39.5 Å². The van der Waals surface area contributed by atoms with Crippen molar-refractivity contribution in [1.29, 1.82) is 0 Å². The largest absolute Gasteiger partial charge is 0.399 e. The summed E-state index contributed by atoms with van der Waals surface area (Å²) >= 11 is 9.32. The minimum Gasteiger partial charge on any atom is -0.399 e. The van der Waals surface area contributed by atoms with E-state index in [4.69, 9.17) is 17.3 Å². The first kappa shape index (κ1) is 37.3. The van der Waals surface area contributed by atoms with E-state index in [1.165, 1.54) is 6.92 Å². The molecule has 8 heteroatoms. The van der Waals surface area contributed by atoms with Crippen molar-refractivity contribution in [3.05, 3.63) is 119 Å². The van der Waals surface area contributed by atoms with E-state index in [0.717, 1.165) is 51.0 Å². The average Bonchev–Trinajstić information content (AvgIpc) is 3.37. The minimum atomic E-state index is -0.401. The lowest BCUT2D eigenvalue weighted by Gasteiger charge is -2.02. The third-order valence-corrected chi connectivity index (χ3v) is 7.65. The summed E-state index contributed by atoms with van der Waals surface area (Å²) in [6.45, 7) is 3.30. The van der Waals surface area contributed by atoms with Crippen LogP contribution in [-0.4, -0.2) is 29.1 Å². The van der Waals surface area contributed by atoms with Gasteiger partial charge in [-0.05, 0) is 62.6 Å². The Morgan fingerprint density at radius 2 is 1.84 bits per heavy atom. The predicted octanol–water partition coefficient (Wildman–Crippen LogP) is 9.14. The monoisotopic (exact) mass is 634 g/mol. The Labute approximate surface area is 270 Å². The van der Waals surface area contributed by atoms with E-state index in [2.05, 4.69) is 28.9 Å². The summed E-state index contributed by atoms with van der Waals surface area (Å²) < 4.78 is 0. The van der Waals surface area contributed by atoms with Crippen LogP contribution in [0.4, 0.5) is 5.69 Å². The molecule has 0 spiro atoms. The third-order valence-electron chi connectivity index (χ3n) is 5.27. The first-order valence-corrected chi connectivity index (χ1v) is 15.9. The number of rotatable bonds is 12. The summed E-state index contributed by atoms with van der Waals surface area (Å²) in [6, 6.07) is 7.82. The highest BCUT2D eigenvalue weighted by atomic mass is 35.5. The van der Waals surface area contributed by atoms with Gasteiger partial charge in [0.05, 0.1) is 5.38 Å². The first-order chi connectivity index (χ1) is 20.9. The standard InChI is InChI=1S/C21H23NOS.C12H14ClNO2S.C2H2/c1-2-3-4-5-6-10-21(23)17-8-7-9-19(14-11-17)24-20-15-12-18(22)13-16-20;1-10(15)16-14-8-3-9-17-12-5-2-4-11(13)6-7-12;1-2/h2-5,8-9,11-16H,6-7,10,22H2,1H3;2,4-8,11H,3,9H2,1H3;1-2H/b3-2-,5-4?;14-8-;. The number of benzene rings is 1. The number of hydrogen-bond donors (Lipinski definition) is 1. The molecule has 0 fully saturated rings. The number of alkyl halides is 1. The molecule has 0 radical (unpaired) electrons. The van der Waals surface area contributed by atoms with Crippen molar-refractivity contribution in [3.63, 3.8) is 0 Å². The van der Waals surface area contributed by atoms with E-state index in [-0.39, 0.29) is 11.2 Å². The quantitative estimate of drug-likeness (QED) is 0.0361. The van der Waals surface area contributed by atoms with E-state index in [1.807, 2.05) is 104 Å². The lowest BCUT2D eigenvalue weighted by Crippen LogP contribution is -1.99. The van der Waals surface area contributed by atoms with Gasteiger partial charge in [0, 0.05) is 51.3 Å². The van der Waals surface area contributed by atoms with Gasteiger partial charge in [-0.3, -0.25) is 4.79 Å². The Morgan fingerprint density at radius 1 is 1.07 bits per heavy atom. The number of hydrogen-bond acceptors (Lipinski definition) is 7. The summed E-state index contributed by atoms with van der Waals surface area (Å²) in [6.07, 6.45) is 38.3. The summed E-state index contributed by atoms with van der Waals surface area (Å²) in [5, 5.41) is 3.49. The molecule has 0 saturated carbocycles. The van der Waals surface area contributed by atoms with E-state index in [1.54, 1.807) is 29.7 Å². The van der Waals surface area contributed by atoms with Gasteiger partial charge in [-0.15, -0.1) is 36.2 Å². The van der Waals surface area contributed by atoms with Gasteiger partial charge < -0.3 is 10.6 Å². The van der Waals surface area contributed by atoms with Crippen LogP contribution in [0.5, 0.6) is 0 Å². The van der Waals surface area contributed by atoms with Gasteiger partial charge in [0.2, 0.25) is 0 Å². The van der Waals surface area contributed by atoms with Gasteiger partial charge in [-0.25, -0.2) is 4.79 Å². The maximum Gasteiger partial charge on any atom is 0.331 e. The Morgan fingerprint density at radius 3 is 2.56 bits per heavy atom. The molecule has 0 bridgehead atoms. The van der Waals surface area contributed by atoms with E-state index in [9.17, 15) is 9.59 Å². The third kappa shape index (κ3) is 18.5. The molecule has 3 rings (SSSR count). The maximum atomic E-state index is 12.3. The SMILES string of the molecule is C#C.C/C=C\C=CCCC(=O)C1=CCC=C(Sc2ccc(N)cc2)C=C1.CC(=O)O/N=C\CCSC1=CC=CC(Cl)C=C1. The van der Waals surface area contributed by atoms with E-state index < -0.39 is 5.97 Å². The van der Waals surface area contributed by atoms with Crippen LogP contribution >= 0.6 is 35.1 Å². The number of carbonyl (C=O) groups is 2. The van der Waals surface area contributed by atoms with E-state index in [0.29, 0.717) is 6.42 Å². The topological polar surface area (TPSA) is 81.8 Å². The van der Waals surface area contributed by atoms with Gasteiger partial charge in [-0.2, -0.15) is 0 Å². The zero-order valence-electron chi connectivity index (χ0n) is 24.6. The number of nitrogens with two attached hydrogens (primary N) is 1. The summed E-state index contributed by atoms with van der Waals surface area (Å²) in [7, 11) is 0. The molecule has 0 heterocycles. The fraction of sp³-hybridized carbons (Fsp3) is 0.229. The molecule has 2 aliphatic carbocycles. The van der Waals surface area contributed by atoms with Crippen LogP contribution < -0.4 is 5.73 Å². The number of carbonyl (C=O) groups excluding carboxylic acids is 2. The van der Waals surface area contributed by atoms with Crippen molar-refractivity contribution >= 4 is 58.8 Å². The van der Waals surface area contributed by atoms with E-state index >= 15 is 0 Å². The molecule has 0 aliphatic heterocycles. The van der Waals surface area contributed by atoms with Crippen LogP contribution in [0.25, 0.3) is 0 Å². The molecule has 43 heavy (non-hydrogen) atoms. The van der Waals surface area contributed by atoms with Crippen molar-refractivity contribution in [1.82, 2.24) is 0 Å². The normalized spacial score (nSPS) is 15.8. The van der Waals surface area contributed by atoms with Gasteiger partial charge in [0.15, 0.2) is 5.78 Å². The Kier molecular flexibility index (Phi) is 20.7. The van der Waals surface area contributed by atoms with Crippen molar-refractivity contribution in [2.24, 2.45) is 5.16 Å². The molecule has 0 amide bonds. The van der Waals surface area contributed by atoms with Gasteiger partial charge in [0.25, 0.3) is 0 Å². The number of anilines is 1. The minimum absolute atomic E-state index is 0.0325. The number of Topliss-reactive ketones (excluding diaryl/α,β-unsaturated/α-hetero) is 1. The summed E-state index contributed by atoms with van der Waals surface area (Å²) in [5.41, 5.74) is 7.28. The zero-order chi connectivity index (χ0) is 31.7. The van der Waals surface area contributed by atoms with Gasteiger partial charge in [-0.1, -0.05) is 83.8 Å². The van der Waals surface area contributed by atoms with Crippen molar-refractivity contribution in [2.75, 3.05) is 11.5 Å². The maximum absolute atomic E-state index is 12.3. The number of halogens is 1. The fourth-order valence-electron chi connectivity index (χ4n) is 3.26. The second-order valence-corrected chi connectivity index (χ2v) is 11.5. The second-order valence-electron chi connectivity index (χ2n) is 8.69. The number of nitrogens with zero attached hydrogens (tertiary/aromatic N) is 1. The zero-order valence-corrected chi connectivity index (χ0v) is 27.0. The predicted molar refractivity (Wildman–Crippen MR) is 188 cm³/mol. The molecule has 1 aromatic rings. The van der Waals surface area contributed by atoms with Gasteiger partial charge >= 0.3 is 5.97 Å². The Balaban J connectivity index is 0.000000429. The average molecular weight is 635 g/mol. The van der Waals surface area contributed by atoms with Crippen molar-refractivity contribution in [2.45, 2.75) is 49.8 Å². The number of nitrogen functional groups attached to an aromatic ring is 1. The summed E-state index contributed by atoms with van der Waals surface area (Å²) in [5.74, 6) is 0.673. The second kappa shape index (κ2) is 23.8. The number of terminal acetylenes is 1. The summed E-state index contributed by atoms with van der Waals surface area (Å²) in [4.78, 5) is 30.6. The molecule has 1 atom stereocenters. The molecular formula is C35H39ClN2O3S2. The van der Waals surface area contributed by atoms with Crippen molar-refractivity contribution in [3.8, 4) is 12.8 Å². The molecule has 5 nitrogen and oxygen atoms in total.